The first-order valence-corrected chi connectivity index (χ1v) is 12.1. The van der Waals surface area contributed by atoms with E-state index in [0.29, 0.717) is 23.1 Å². The van der Waals surface area contributed by atoms with Gasteiger partial charge >= 0.3 is 0 Å². The third-order valence-corrected chi connectivity index (χ3v) is 7.91. The van der Waals surface area contributed by atoms with Crippen LogP contribution in [-0.4, -0.2) is 43.7 Å². The van der Waals surface area contributed by atoms with Gasteiger partial charge in [0.25, 0.3) is 0 Å². The minimum absolute atomic E-state index is 0.0882. The fraction of sp³-hybridized carbons (Fsp3) is 0.250. The van der Waals surface area contributed by atoms with Crippen LogP contribution in [-0.2, 0) is 21.4 Å². The normalized spacial score (nSPS) is 19.4. The molecule has 0 bridgehead atoms. The lowest BCUT2D eigenvalue weighted by Gasteiger charge is -2.27. The molecule has 2 atom stereocenters. The van der Waals surface area contributed by atoms with Crippen molar-refractivity contribution in [1.82, 2.24) is 9.37 Å². The predicted octanol–water partition coefficient (Wildman–Crippen LogP) is 4.88. The Hall–Kier alpha value is -2.42. The Balaban J connectivity index is 1.57. The van der Waals surface area contributed by atoms with E-state index in [-0.39, 0.29) is 6.61 Å². The number of hydrogen-bond donors (Lipinski definition) is 0. The number of nitrogens with zero attached hydrogens (tertiary/aromatic N) is 2. The summed E-state index contributed by atoms with van der Waals surface area (Å²) in [5.74, 6) is 1.26. The van der Waals surface area contributed by atoms with Gasteiger partial charge in [-0.2, -0.15) is 5.06 Å². The minimum atomic E-state index is -3.63. The average Bonchev–Trinajstić information content (AvgIpc) is 3.18. The van der Waals surface area contributed by atoms with Gasteiger partial charge in [0, 0.05) is 25.7 Å². The molecule has 0 amide bonds. The third-order valence-electron chi connectivity index (χ3n) is 5.50. The number of halogens is 1. The van der Waals surface area contributed by atoms with Gasteiger partial charge in [0.05, 0.1) is 12.6 Å². The van der Waals surface area contributed by atoms with Crippen LogP contribution < -0.4 is 4.74 Å². The number of hydrogen-bond acceptors (Lipinski definition) is 5. The molecule has 0 saturated carbocycles. The Morgan fingerprint density at radius 3 is 2.47 bits per heavy atom. The van der Waals surface area contributed by atoms with Gasteiger partial charge < -0.3 is 4.74 Å². The van der Waals surface area contributed by atoms with Crippen molar-refractivity contribution in [3.8, 4) is 11.5 Å². The van der Waals surface area contributed by atoms with Gasteiger partial charge in [-0.05, 0) is 47.5 Å². The van der Waals surface area contributed by atoms with E-state index in [1.165, 1.54) is 4.31 Å². The highest BCUT2D eigenvalue weighted by Crippen LogP contribution is 2.37. The fourth-order valence-electron chi connectivity index (χ4n) is 3.83. The van der Waals surface area contributed by atoms with Crippen molar-refractivity contribution in [2.75, 3.05) is 20.7 Å². The van der Waals surface area contributed by atoms with Crippen LogP contribution in [0.4, 0.5) is 0 Å². The lowest BCUT2D eigenvalue weighted by atomic mass is 10.0. The molecule has 168 valence electrons. The third kappa shape index (κ3) is 4.98. The van der Waals surface area contributed by atoms with E-state index in [1.54, 1.807) is 43.4 Å². The van der Waals surface area contributed by atoms with Crippen LogP contribution in [0.1, 0.15) is 17.2 Å². The zero-order valence-electron chi connectivity index (χ0n) is 17.9. The summed E-state index contributed by atoms with van der Waals surface area (Å²) in [4.78, 5) is 5.66. The lowest BCUT2D eigenvalue weighted by Crippen LogP contribution is -2.40. The van der Waals surface area contributed by atoms with Crippen molar-refractivity contribution in [2.45, 2.75) is 17.8 Å². The molecule has 6 nitrogen and oxygen atoms in total. The van der Waals surface area contributed by atoms with Crippen LogP contribution in [0, 0.1) is 0 Å². The van der Waals surface area contributed by atoms with Crippen molar-refractivity contribution in [1.29, 1.82) is 0 Å². The van der Waals surface area contributed by atoms with Gasteiger partial charge in [-0.3, -0.25) is 4.84 Å². The summed E-state index contributed by atoms with van der Waals surface area (Å²) in [5, 5.41) is 1.50. The number of rotatable bonds is 7. The Morgan fingerprint density at radius 1 is 1.03 bits per heavy atom. The second-order valence-corrected chi connectivity index (χ2v) is 10.4. The monoisotopic (exact) mass is 472 g/mol. The summed E-state index contributed by atoms with van der Waals surface area (Å²) >= 11 is 5.94. The second kappa shape index (κ2) is 9.60. The van der Waals surface area contributed by atoms with Crippen LogP contribution >= 0.6 is 11.6 Å². The van der Waals surface area contributed by atoms with Gasteiger partial charge in [0.15, 0.2) is 0 Å². The first-order valence-electron chi connectivity index (χ1n) is 10.2. The van der Waals surface area contributed by atoms with E-state index in [9.17, 15) is 8.42 Å². The topological polar surface area (TPSA) is 59.1 Å². The number of hydroxylamine groups is 2. The Bertz CT molecular complexity index is 1160. The highest BCUT2D eigenvalue weighted by atomic mass is 35.5. The quantitative estimate of drug-likeness (QED) is 0.490. The summed E-state index contributed by atoms with van der Waals surface area (Å²) in [6, 6.07) is 23.6. The summed E-state index contributed by atoms with van der Waals surface area (Å²) in [6.45, 7) is 0.390. The van der Waals surface area contributed by atoms with Crippen molar-refractivity contribution in [3.05, 3.63) is 95.0 Å². The second-order valence-electron chi connectivity index (χ2n) is 7.74. The summed E-state index contributed by atoms with van der Waals surface area (Å²) in [5.41, 5.74) is 1.74. The zero-order valence-corrected chi connectivity index (χ0v) is 19.5. The summed E-state index contributed by atoms with van der Waals surface area (Å²) in [7, 11) is -0.269. The van der Waals surface area contributed by atoms with Gasteiger partial charge in [0.2, 0.25) is 10.0 Å². The molecule has 1 aliphatic heterocycles. The number of sulfonamides is 1. The van der Waals surface area contributed by atoms with Crippen LogP contribution in [0.5, 0.6) is 11.5 Å². The Kier molecular flexibility index (Phi) is 6.83. The van der Waals surface area contributed by atoms with E-state index in [4.69, 9.17) is 21.2 Å². The SMILES string of the molecule is CN1OCC(S(=O)(=O)N(C)Cc2ccccc2)C1c1cccc(Oc2ccc(Cl)cc2)c1. The highest BCUT2D eigenvalue weighted by Gasteiger charge is 2.45. The lowest BCUT2D eigenvalue weighted by molar-refractivity contribution is -0.110. The van der Waals surface area contributed by atoms with Gasteiger partial charge in [0.1, 0.15) is 16.7 Å². The molecule has 3 aromatic carbocycles. The van der Waals surface area contributed by atoms with E-state index in [2.05, 4.69) is 0 Å². The first-order chi connectivity index (χ1) is 15.3. The van der Waals surface area contributed by atoms with Crippen LogP contribution in [0.25, 0.3) is 0 Å². The molecule has 2 unspecified atom stereocenters. The van der Waals surface area contributed by atoms with E-state index < -0.39 is 21.3 Å². The van der Waals surface area contributed by atoms with E-state index in [1.807, 2.05) is 54.6 Å². The maximum Gasteiger partial charge on any atom is 0.221 e. The summed E-state index contributed by atoms with van der Waals surface area (Å²) in [6.07, 6.45) is 0. The highest BCUT2D eigenvalue weighted by molar-refractivity contribution is 7.89. The maximum atomic E-state index is 13.4. The molecule has 0 aromatic heterocycles. The summed E-state index contributed by atoms with van der Waals surface area (Å²) < 4.78 is 34.2. The van der Waals surface area contributed by atoms with Crippen molar-refractivity contribution >= 4 is 21.6 Å². The van der Waals surface area contributed by atoms with Crippen LogP contribution in [0.15, 0.2) is 78.9 Å². The molecule has 1 saturated heterocycles. The van der Waals surface area contributed by atoms with Crippen molar-refractivity contribution in [2.24, 2.45) is 0 Å². The van der Waals surface area contributed by atoms with Gasteiger partial charge in [-0.25, -0.2) is 12.7 Å². The molecule has 8 heteroatoms. The largest absolute Gasteiger partial charge is 0.457 e. The molecule has 1 fully saturated rings. The molecule has 3 aromatic rings. The van der Waals surface area contributed by atoms with E-state index >= 15 is 0 Å². The first kappa shape index (κ1) is 22.8. The Labute approximate surface area is 193 Å². The van der Waals surface area contributed by atoms with Crippen molar-refractivity contribution in [3.63, 3.8) is 0 Å². The molecule has 1 heterocycles. The zero-order chi connectivity index (χ0) is 22.7. The predicted molar refractivity (Wildman–Crippen MR) is 125 cm³/mol. The molecule has 0 radical (unpaired) electrons. The fourth-order valence-corrected chi connectivity index (χ4v) is 5.64. The van der Waals surface area contributed by atoms with Crippen molar-refractivity contribution < 1.29 is 18.0 Å². The number of ether oxygens (including phenoxy) is 1. The standard InChI is InChI=1S/C24H25ClN2O4S/c1-26(16-18-7-4-3-5-8-18)32(28,29)23-17-30-27(2)24(23)19-9-6-10-22(15-19)31-21-13-11-20(25)12-14-21/h3-15,23-24H,16-17H2,1-2H3. The Morgan fingerprint density at radius 2 is 1.75 bits per heavy atom. The van der Waals surface area contributed by atoms with Crippen LogP contribution in [0.2, 0.25) is 5.02 Å². The smallest absolute Gasteiger partial charge is 0.221 e. The average molecular weight is 473 g/mol. The molecular formula is C24H25ClN2O4S. The molecule has 4 rings (SSSR count). The minimum Gasteiger partial charge on any atom is -0.457 e. The molecule has 0 aliphatic carbocycles. The molecule has 32 heavy (non-hydrogen) atoms. The van der Waals surface area contributed by atoms with Gasteiger partial charge in [-0.1, -0.05) is 54.1 Å². The molecule has 0 spiro atoms. The number of benzene rings is 3. The molecular weight excluding hydrogens is 448 g/mol. The maximum absolute atomic E-state index is 13.4. The van der Waals surface area contributed by atoms with Crippen LogP contribution in [0.3, 0.4) is 0 Å². The molecule has 0 N–H and O–H groups in total. The van der Waals surface area contributed by atoms with E-state index in [0.717, 1.165) is 11.1 Å². The van der Waals surface area contributed by atoms with Gasteiger partial charge in [-0.15, -0.1) is 0 Å². The molecule has 1 aliphatic rings.